The number of nitrogens with one attached hydrogen (secondary N) is 2. The van der Waals surface area contributed by atoms with Crippen LogP contribution < -0.4 is 10.6 Å². The largest absolute Gasteiger partial charge is 0.325 e. The molecule has 3 aromatic carbocycles. The van der Waals surface area contributed by atoms with Crippen LogP contribution in [0.2, 0.25) is 0 Å². The Bertz CT molecular complexity index is 1330. The van der Waals surface area contributed by atoms with Crippen LogP contribution in [0.1, 0.15) is 41.0 Å². The SMILES string of the molecule is CC[C@H](Sc1nc2ccc(NC(=O)c3ccccc3)cc2s1)C(=O)Nc1ccc(C(C)=O)cc1. The molecule has 0 aliphatic rings. The fourth-order valence-electron chi connectivity index (χ4n) is 3.28. The second kappa shape index (κ2) is 10.6. The molecule has 6 nitrogen and oxygen atoms in total. The minimum absolute atomic E-state index is 0.0153. The van der Waals surface area contributed by atoms with Crippen LogP contribution in [0, 0.1) is 0 Å². The zero-order valence-corrected chi connectivity index (χ0v) is 20.3. The summed E-state index contributed by atoms with van der Waals surface area (Å²) in [4.78, 5) is 41.3. The molecular formula is C26H23N3O3S2. The summed E-state index contributed by atoms with van der Waals surface area (Å²) in [7, 11) is 0. The number of aromatic nitrogens is 1. The van der Waals surface area contributed by atoms with Gasteiger partial charge in [0, 0.05) is 22.5 Å². The number of Topliss-reactive ketones (excluding diaryl/α,β-unsaturated/α-hetero) is 1. The average molecular weight is 490 g/mol. The predicted molar refractivity (Wildman–Crippen MR) is 139 cm³/mol. The Morgan fingerprint density at radius 2 is 1.62 bits per heavy atom. The highest BCUT2D eigenvalue weighted by Gasteiger charge is 2.20. The van der Waals surface area contributed by atoms with Gasteiger partial charge in [0.15, 0.2) is 10.1 Å². The number of benzene rings is 3. The molecule has 0 saturated carbocycles. The van der Waals surface area contributed by atoms with Crippen molar-refractivity contribution in [3.05, 3.63) is 83.9 Å². The molecule has 2 amide bonds. The molecule has 172 valence electrons. The quantitative estimate of drug-likeness (QED) is 0.225. The molecule has 0 fully saturated rings. The molecule has 34 heavy (non-hydrogen) atoms. The summed E-state index contributed by atoms with van der Waals surface area (Å²) >= 11 is 2.91. The molecule has 1 atom stereocenters. The van der Waals surface area contributed by atoms with Crippen molar-refractivity contribution in [3.63, 3.8) is 0 Å². The van der Waals surface area contributed by atoms with Gasteiger partial charge in [-0.3, -0.25) is 14.4 Å². The lowest BCUT2D eigenvalue weighted by atomic mass is 10.1. The van der Waals surface area contributed by atoms with Crippen LogP contribution in [0.15, 0.2) is 77.1 Å². The number of fused-ring (bicyclic) bond motifs is 1. The van der Waals surface area contributed by atoms with E-state index < -0.39 is 0 Å². The molecular weight excluding hydrogens is 466 g/mol. The monoisotopic (exact) mass is 489 g/mol. The third kappa shape index (κ3) is 5.70. The van der Waals surface area contributed by atoms with Gasteiger partial charge in [0.1, 0.15) is 0 Å². The number of ketones is 1. The van der Waals surface area contributed by atoms with E-state index in [0.717, 1.165) is 14.6 Å². The van der Waals surface area contributed by atoms with Gasteiger partial charge >= 0.3 is 0 Å². The van der Waals surface area contributed by atoms with Crippen molar-refractivity contribution in [1.82, 2.24) is 4.98 Å². The summed E-state index contributed by atoms with van der Waals surface area (Å²) < 4.78 is 1.72. The summed E-state index contributed by atoms with van der Waals surface area (Å²) in [6.07, 6.45) is 0.635. The van der Waals surface area contributed by atoms with Crippen molar-refractivity contribution in [2.45, 2.75) is 29.9 Å². The third-order valence-electron chi connectivity index (χ3n) is 5.13. The number of thiazole rings is 1. The summed E-state index contributed by atoms with van der Waals surface area (Å²) in [5.41, 5.74) is 3.36. The van der Waals surface area contributed by atoms with Crippen LogP contribution in [-0.2, 0) is 4.79 Å². The number of thioether (sulfide) groups is 1. The second-order valence-corrected chi connectivity index (χ2v) is 10.1. The minimum Gasteiger partial charge on any atom is -0.325 e. The van der Waals surface area contributed by atoms with Crippen LogP contribution in [0.3, 0.4) is 0 Å². The lowest BCUT2D eigenvalue weighted by molar-refractivity contribution is -0.115. The molecule has 8 heteroatoms. The number of amides is 2. The van der Waals surface area contributed by atoms with Gasteiger partial charge in [-0.15, -0.1) is 11.3 Å². The topological polar surface area (TPSA) is 88.2 Å². The molecule has 4 rings (SSSR count). The number of hydrogen-bond acceptors (Lipinski definition) is 6. The Morgan fingerprint density at radius 3 is 2.29 bits per heavy atom. The first-order chi connectivity index (χ1) is 16.4. The highest BCUT2D eigenvalue weighted by molar-refractivity contribution is 8.02. The van der Waals surface area contributed by atoms with E-state index in [1.54, 1.807) is 36.4 Å². The van der Waals surface area contributed by atoms with Crippen LogP contribution in [-0.4, -0.2) is 27.8 Å². The molecule has 0 radical (unpaired) electrons. The normalized spacial score (nSPS) is 11.7. The Kier molecular flexibility index (Phi) is 7.40. The van der Waals surface area contributed by atoms with Crippen molar-refractivity contribution < 1.29 is 14.4 Å². The fraction of sp³-hybridized carbons (Fsp3) is 0.154. The molecule has 1 heterocycles. The van der Waals surface area contributed by atoms with E-state index in [1.807, 2.05) is 43.3 Å². The second-order valence-electron chi connectivity index (χ2n) is 7.62. The van der Waals surface area contributed by atoms with Gasteiger partial charge in [0.05, 0.1) is 15.5 Å². The van der Waals surface area contributed by atoms with E-state index in [4.69, 9.17) is 0 Å². The highest BCUT2D eigenvalue weighted by Crippen LogP contribution is 2.35. The zero-order valence-electron chi connectivity index (χ0n) is 18.7. The first kappa shape index (κ1) is 23.7. The molecule has 0 saturated heterocycles. The number of nitrogens with zero attached hydrogens (tertiary/aromatic N) is 1. The van der Waals surface area contributed by atoms with Crippen LogP contribution in [0.4, 0.5) is 11.4 Å². The molecule has 0 bridgehead atoms. The molecule has 0 unspecified atom stereocenters. The van der Waals surface area contributed by atoms with Gasteiger partial charge in [-0.25, -0.2) is 4.98 Å². The maximum Gasteiger partial charge on any atom is 0.255 e. The van der Waals surface area contributed by atoms with Crippen molar-refractivity contribution in [1.29, 1.82) is 0 Å². The van der Waals surface area contributed by atoms with Crippen molar-refractivity contribution in [2.24, 2.45) is 0 Å². The summed E-state index contributed by atoms with van der Waals surface area (Å²) in [6.45, 7) is 3.47. The van der Waals surface area contributed by atoms with Crippen molar-refractivity contribution >= 4 is 62.3 Å². The van der Waals surface area contributed by atoms with Crippen molar-refractivity contribution in [2.75, 3.05) is 10.6 Å². The molecule has 2 N–H and O–H groups in total. The van der Waals surface area contributed by atoms with Crippen molar-refractivity contribution in [3.8, 4) is 0 Å². The Labute approximate surface area is 205 Å². The van der Waals surface area contributed by atoms with Gasteiger partial charge in [-0.1, -0.05) is 36.9 Å². The van der Waals surface area contributed by atoms with Gasteiger partial charge in [-0.2, -0.15) is 0 Å². The van der Waals surface area contributed by atoms with Gasteiger partial charge in [0.2, 0.25) is 5.91 Å². The number of carbonyl (C=O) groups is 3. The lowest BCUT2D eigenvalue weighted by Crippen LogP contribution is -2.24. The number of hydrogen-bond donors (Lipinski definition) is 2. The Balaban J connectivity index is 1.43. The van der Waals surface area contributed by atoms with E-state index in [0.29, 0.717) is 28.9 Å². The number of carbonyl (C=O) groups excluding carboxylic acids is 3. The first-order valence-electron chi connectivity index (χ1n) is 10.8. The summed E-state index contributed by atoms with van der Waals surface area (Å²) in [5.74, 6) is -0.297. The summed E-state index contributed by atoms with van der Waals surface area (Å²) in [6, 6.07) is 21.5. The van der Waals surface area contributed by atoms with Crippen LogP contribution in [0.5, 0.6) is 0 Å². The lowest BCUT2D eigenvalue weighted by Gasteiger charge is -2.13. The van der Waals surface area contributed by atoms with E-state index in [9.17, 15) is 14.4 Å². The smallest absolute Gasteiger partial charge is 0.255 e. The Morgan fingerprint density at radius 1 is 0.912 bits per heavy atom. The molecule has 0 spiro atoms. The van der Waals surface area contributed by atoms with Crippen LogP contribution in [0.25, 0.3) is 10.2 Å². The van der Waals surface area contributed by atoms with E-state index in [-0.39, 0.29) is 22.8 Å². The Hall–Kier alpha value is -3.49. The third-order valence-corrected chi connectivity index (χ3v) is 7.60. The van der Waals surface area contributed by atoms with E-state index >= 15 is 0 Å². The maximum atomic E-state index is 12.8. The fourth-order valence-corrected chi connectivity index (χ4v) is 5.55. The minimum atomic E-state index is -0.315. The predicted octanol–water partition coefficient (Wildman–Crippen LogP) is 6.26. The highest BCUT2D eigenvalue weighted by atomic mass is 32.2. The molecule has 4 aromatic rings. The van der Waals surface area contributed by atoms with E-state index in [1.165, 1.54) is 30.0 Å². The number of rotatable bonds is 8. The maximum absolute atomic E-state index is 12.8. The van der Waals surface area contributed by atoms with Gasteiger partial charge < -0.3 is 10.6 Å². The standard InChI is InChI=1S/C26H23N3O3S2/c1-3-22(25(32)27-19-11-9-17(10-12-19)16(2)30)33-26-29-21-14-13-20(15-23(21)34-26)28-24(31)18-7-5-4-6-8-18/h4-15,22H,3H2,1-2H3,(H,27,32)(H,28,31)/t22-/m0/s1. The average Bonchev–Trinajstić information content (AvgIpc) is 3.25. The molecule has 0 aliphatic carbocycles. The van der Waals surface area contributed by atoms with Gasteiger partial charge in [0.25, 0.3) is 5.91 Å². The molecule has 0 aliphatic heterocycles. The first-order valence-corrected chi connectivity index (χ1v) is 12.5. The van der Waals surface area contributed by atoms with Crippen LogP contribution >= 0.6 is 23.1 Å². The van der Waals surface area contributed by atoms with E-state index in [2.05, 4.69) is 15.6 Å². The summed E-state index contributed by atoms with van der Waals surface area (Å²) in [5, 5.41) is 5.52. The molecule has 1 aromatic heterocycles. The number of anilines is 2. The zero-order chi connectivity index (χ0) is 24.1. The van der Waals surface area contributed by atoms with Gasteiger partial charge in [-0.05, 0) is 67.9 Å².